The molecule has 0 aromatic rings. The van der Waals surface area contributed by atoms with Gasteiger partial charge in [-0.1, -0.05) is 0 Å². The van der Waals surface area contributed by atoms with Gasteiger partial charge in [0, 0.05) is 0 Å². The first-order valence-corrected chi connectivity index (χ1v) is 4.95. The van der Waals surface area contributed by atoms with Crippen molar-refractivity contribution in [2.45, 2.75) is 31.3 Å². The number of carbonyl (C=O) groups excluding carboxylic acids is 1. The van der Waals surface area contributed by atoms with Gasteiger partial charge < -0.3 is 25.5 Å². The minimum atomic E-state index is -1.88. The van der Waals surface area contributed by atoms with Crippen molar-refractivity contribution in [3.8, 4) is 0 Å². The third-order valence-corrected chi connectivity index (χ3v) is 2.19. The van der Waals surface area contributed by atoms with Gasteiger partial charge in [0.15, 0.2) is 5.78 Å². The number of carboxylic acids is 1. The normalized spacial score (nSPS) is 18.2. The number of rotatable bonds is 8. The summed E-state index contributed by atoms with van der Waals surface area (Å²) in [5, 5.41) is 46.8. The Morgan fingerprint density at radius 1 is 1.24 bits per heavy atom. The summed E-state index contributed by atoms with van der Waals surface area (Å²) in [7, 11) is 0. The molecule has 17 heavy (non-hydrogen) atoms. The zero-order chi connectivity index (χ0) is 13.6. The van der Waals surface area contributed by atoms with E-state index in [1.54, 1.807) is 0 Å². The second kappa shape index (κ2) is 7.30. The largest absolute Gasteiger partial charge is 0.480 e. The molecule has 0 aliphatic carbocycles. The second-order valence-electron chi connectivity index (χ2n) is 3.59. The van der Waals surface area contributed by atoms with E-state index in [0.29, 0.717) is 0 Å². The third kappa shape index (κ3) is 5.20. The maximum atomic E-state index is 11.3. The maximum absolute atomic E-state index is 11.3. The molecule has 0 aliphatic rings. The number of aliphatic hydroxyl groups is 4. The second-order valence-corrected chi connectivity index (χ2v) is 3.59. The van der Waals surface area contributed by atoms with Crippen molar-refractivity contribution in [2.24, 2.45) is 0 Å². The molecule has 0 bridgehead atoms. The van der Waals surface area contributed by atoms with Gasteiger partial charge in [0.1, 0.15) is 24.4 Å². The van der Waals surface area contributed by atoms with Crippen molar-refractivity contribution in [2.75, 3.05) is 13.2 Å². The van der Waals surface area contributed by atoms with Crippen LogP contribution in [0.3, 0.4) is 0 Å². The zero-order valence-corrected chi connectivity index (χ0v) is 9.28. The number of hydrogen-bond donors (Lipinski definition) is 6. The minimum Gasteiger partial charge on any atom is -0.480 e. The number of nitrogens with one attached hydrogen (secondary N) is 1. The molecule has 0 spiro atoms. The van der Waals surface area contributed by atoms with Crippen molar-refractivity contribution >= 4 is 11.8 Å². The molecule has 0 radical (unpaired) electrons. The first-order valence-electron chi connectivity index (χ1n) is 4.95. The molecule has 0 saturated heterocycles. The van der Waals surface area contributed by atoms with Crippen LogP contribution in [0.5, 0.6) is 0 Å². The first kappa shape index (κ1) is 15.9. The number of carboxylic acid groups (broad SMARTS) is 1. The van der Waals surface area contributed by atoms with Gasteiger partial charge in [-0.25, -0.2) is 0 Å². The van der Waals surface area contributed by atoms with Crippen molar-refractivity contribution in [1.82, 2.24) is 5.32 Å². The standard InChI is InChI=1S/C9H17NO7/c1-4(9(16)17)10-2-5(12)7(14)8(15)6(13)3-11/h4,6-8,10-11,13-15H,2-3H2,1H3,(H,16,17)/t4-,6+,7+,8-/m0/s1. The Morgan fingerprint density at radius 3 is 2.18 bits per heavy atom. The van der Waals surface area contributed by atoms with E-state index in [0.717, 1.165) is 0 Å². The highest BCUT2D eigenvalue weighted by Crippen LogP contribution is 2.01. The van der Waals surface area contributed by atoms with Crippen LogP contribution in [0.4, 0.5) is 0 Å². The van der Waals surface area contributed by atoms with Gasteiger partial charge in [-0.2, -0.15) is 0 Å². The highest BCUT2D eigenvalue weighted by Gasteiger charge is 2.29. The predicted octanol–water partition coefficient (Wildman–Crippen LogP) is -3.31. The molecule has 0 heterocycles. The van der Waals surface area contributed by atoms with Crippen molar-refractivity contribution < 1.29 is 35.1 Å². The topological polar surface area (TPSA) is 147 Å². The molecule has 0 unspecified atom stereocenters. The molecule has 0 amide bonds. The molecule has 6 N–H and O–H groups in total. The Hall–Kier alpha value is -1.06. The van der Waals surface area contributed by atoms with Crippen LogP contribution in [0.15, 0.2) is 0 Å². The summed E-state index contributed by atoms with van der Waals surface area (Å²) >= 11 is 0. The Balaban J connectivity index is 4.18. The average Bonchev–Trinajstić information content (AvgIpc) is 2.32. The number of carbonyl (C=O) groups is 2. The fraction of sp³-hybridized carbons (Fsp3) is 0.778. The van der Waals surface area contributed by atoms with Crippen LogP contribution in [0.25, 0.3) is 0 Å². The molecule has 8 heteroatoms. The minimum absolute atomic E-state index is 0.468. The van der Waals surface area contributed by atoms with E-state index in [1.807, 2.05) is 0 Å². The molecular weight excluding hydrogens is 234 g/mol. The first-order chi connectivity index (χ1) is 7.81. The summed E-state index contributed by atoms with van der Waals surface area (Å²) in [4.78, 5) is 21.7. The van der Waals surface area contributed by atoms with Gasteiger partial charge in [-0.05, 0) is 6.92 Å². The average molecular weight is 251 g/mol. The summed E-state index contributed by atoms with van der Waals surface area (Å²) in [6, 6.07) is -0.981. The number of Topliss-reactive ketones (excluding diaryl/α,β-unsaturated/α-hetero) is 1. The quantitative estimate of drug-likeness (QED) is 0.263. The van der Waals surface area contributed by atoms with Crippen LogP contribution in [-0.4, -0.2) is 74.8 Å². The molecule has 0 aliphatic heterocycles. The Labute approximate surface area is 97.5 Å². The van der Waals surface area contributed by atoms with Crippen molar-refractivity contribution in [1.29, 1.82) is 0 Å². The van der Waals surface area contributed by atoms with Crippen molar-refractivity contribution in [3.05, 3.63) is 0 Å². The highest BCUT2D eigenvalue weighted by molar-refractivity contribution is 5.86. The lowest BCUT2D eigenvalue weighted by Crippen LogP contribution is -2.48. The maximum Gasteiger partial charge on any atom is 0.320 e. The summed E-state index contributed by atoms with van der Waals surface area (Å²) in [5.74, 6) is -2.04. The molecular formula is C9H17NO7. The molecule has 100 valence electrons. The van der Waals surface area contributed by atoms with E-state index >= 15 is 0 Å². The molecule has 0 fully saturated rings. The molecule has 0 aromatic carbocycles. The lowest BCUT2D eigenvalue weighted by Gasteiger charge is -2.20. The van der Waals surface area contributed by atoms with Crippen LogP contribution in [0.1, 0.15) is 6.92 Å². The Bertz CT molecular complexity index is 270. The van der Waals surface area contributed by atoms with Gasteiger partial charge in [0.25, 0.3) is 0 Å². The molecule has 0 rings (SSSR count). The summed E-state index contributed by atoms with van der Waals surface area (Å²) in [6.45, 7) is 0.0370. The SMILES string of the molecule is C[C@H](NCC(=O)[C@@H](O)[C@@H](O)[C@H](O)CO)C(=O)O. The molecule has 0 saturated carbocycles. The van der Waals surface area contributed by atoms with Crippen LogP contribution in [0.2, 0.25) is 0 Å². The van der Waals surface area contributed by atoms with Gasteiger partial charge in [-0.3, -0.25) is 14.9 Å². The summed E-state index contributed by atoms with van der Waals surface area (Å²) < 4.78 is 0. The molecule has 0 aromatic heterocycles. The third-order valence-electron chi connectivity index (χ3n) is 2.19. The van der Waals surface area contributed by atoms with Crippen LogP contribution < -0.4 is 5.32 Å². The van der Waals surface area contributed by atoms with E-state index < -0.39 is 49.3 Å². The number of ketones is 1. The van der Waals surface area contributed by atoms with Gasteiger partial charge in [0.05, 0.1) is 13.2 Å². The van der Waals surface area contributed by atoms with Crippen LogP contribution in [-0.2, 0) is 9.59 Å². The monoisotopic (exact) mass is 251 g/mol. The number of aliphatic hydroxyl groups excluding tert-OH is 4. The van der Waals surface area contributed by atoms with E-state index in [1.165, 1.54) is 6.92 Å². The van der Waals surface area contributed by atoms with Gasteiger partial charge in [0.2, 0.25) is 0 Å². The predicted molar refractivity (Wildman–Crippen MR) is 55.2 cm³/mol. The van der Waals surface area contributed by atoms with Crippen LogP contribution >= 0.6 is 0 Å². The smallest absolute Gasteiger partial charge is 0.320 e. The number of hydrogen-bond acceptors (Lipinski definition) is 7. The zero-order valence-electron chi connectivity index (χ0n) is 9.28. The van der Waals surface area contributed by atoms with Gasteiger partial charge >= 0.3 is 5.97 Å². The Kier molecular flexibility index (Phi) is 6.85. The van der Waals surface area contributed by atoms with E-state index in [4.69, 9.17) is 15.3 Å². The Morgan fingerprint density at radius 2 is 1.76 bits per heavy atom. The van der Waals surface area contributed by atoms with E-state index in [2.05, 4.69) is 5.32 Å². The lowest BCUT2D eigenvalue weighted by molar-refractivity contribution is -0.141. The fourth-order valence-corrected chi connectivity index (χ4v) is 0.954. The van der Waals surface area contributed by atoms with E-state index in [-0.39, 0.29) is 0 Å². The summed E-state index contributed by atoms with van der Waals surface area (Å²) in [6.07, 6.45) is -5.33. The van der Waals surface area contributed by atoms with Gasteiger partial charge in [-0.15, -0.1) is 0 Å². The number of aliphatic carboxylic acids is 1. The fourth-order valence-electron chi connectivity index (χ4n) is 0.954. The van der Waals surface area contributed by atoms with Crippen molar-refractivity contribution in [3.63, 3.8) is 0 Å². The van der Waals surface area contributed by atoms with Crippen LogP contribution in [0, 0.1) is 0 Å². The molecule has 4 atom stereocenters. The molecule has 8 nitrogen and oxygen atoms in total. The van der Waals surface area contributed by atoms with E-state index in [9.17, 15) is 19.8 Å². The lowest BCUT2D eigenvalue weighted by atomic mass is 10.0. The highest BCUT2D eigenvalue weighted by atomic mass is 16.4. The summed E-state index contributed by atoms with van der Waals surface area (Å²) in [5.41, 5.74) is 0.